The second-order valence-corrected chi connectivity index (χ2v) is 6.41. The molecule has 0 amide bonds. The zero-order valence-electron chi connectivity index (χ0n) is 11.5. The van der Waals surface area contributed by atoms with Gasteiger partial charge in [0.25, 0.3) is 0 Å². The van der Waals surface area contributed by atoms with Gasteiger partial charge in [0.05, 0.1) is 11.6 Å². The van der Waals surface area contributed by atoms with Crippen LogP contribution >= 0.6 is 15.9 Å². The highest BCUT2D eigenvalue weighted by atomic mass is 79.9. The first-order valence-corrected chi connectivity index (χ1v) is 7.97. The summed E-state index contributed by atoms with van der Waals surface area (Å²) >= 11 is 3.46. The van der Waals surface area contributed by atoms with Gasteiger partial charge >= 0.3 is 0 Å². The van der Waals surface area contributed by atoms with Crippen LogP contribution in [-0.4, -0.2) is 6.04 Å². The molecule has 1 aromatic carbocycles. The third-order valence-corrected chi connectivity index (χ3v) is 4.40. The zero-order chi connectivity index (χ0) is 13.7. The summed E-state index contributed by atoms with van der Waals surface area (Å²) in [5.74, 6) is 0.931. The maximum absolute atomic E-state index is 8.99. The summed E-state index contributed by atoms with van der Waals surface area (Å²) in [6.45, 7) is 2.27. The summed E-state index contributed by atoms with van der Waals surface area (Å²) in [5, 5.41) is 12.6. The Hall–Kier alpha value is -1.01. The zero-order valence-corrected chi connectivity index (χ0v) is 13.0. The van der Waals surface area contributed by atoms with Gasteiger partial charge in [-0.05, 0) is 49.8 Å². The normalized spacial score (nSPS) is 22.8. The molecule has 0 heterocycles. The number of hydrogen-bond acceptors (Lipinski definition) is 2. The molecule has 0 aromatic heterocycles. The second kappa shape index (κ2) is 6.96. The smallest absolute Gasteiger partial charge is 0.0992 e. The van der Waals surface area contributed by atoms with Crippen LogP contribution in [0.4, 0.5) is 5.69 Å². The van der Waals surface area contributed by atoms with Crippen molar-refractivity contribution in [1.82, 2.24) is 0 Å². The summed E-state index contributed by atoms with van der Waals surface area (Å²) in [6.07, 6.45) is 7.86. The van der Waals surface area contributed by atoms with E-state index in [0.717, 1.165) is 16.1 Å². The minimum atomic E-state index is 0.564. The van der Waals surface area contributed by atoms with Crippen LogP contribution in [0.1, 0.15) is 51.0 Å². The lowest BCUT2D eigenvalue weighted by Crippen LogP contribution is -2.26. The van der Waals surface area contributed by atoms with Crippen molar-refractivity contribution in [3.63, 3.8) is 0 Å². The fourth-order valence-electron chi connectivity index (χ4n) is 2.98. The van der Waals surface area contributed by atoms with Crippen LogP contribution in [0.2, 0.25) is 0 Å². The Labute approximate surface area is 124 Å². The van der Waals surface area contributed by atoms with Gasteiger partial charge in [-0.15, -0.1) is 0 Å². The largest absolute Gasteiger partial charge is 0.382 e. The van der Waals surface area contributed by atoms with Gasteiger partial charge in [-0.3, -0.25) is 0 Å². The van der Waals surface area contributed by atoms with Crippen molar-refractivity contribution in [2.24, 2.45) is 5.92 Å². The standard InChI is InChI=1S/C16H21BrN2/c1-2-3-12-4-6-15(7-5-12)19-16-9-13(11-18)8-14(17)10-16/h8-10,12,15,19H,2-7H2,1H3. The number of nitrogens with zero attached hydrogens (tertiary/aromatic N) is 1. The fraction of sp³-hybridized carbons (Fsp3) is 0.562. The van der Waals surface area contributed by atoms with Crippen LogP contribution in [0.25, 0.3) is 0 Å². The van der Waals surface area contributed by atoms with Crippen molar-refractivity contribution < 1.29 is 0 Å². The van der Waals surface area contributed by atoms with Crippen molar-refractivity contribution in [3.05, 3.63) is 28.2 Å². The molecule has 102 valence electrons. The van der Waals surface area contributed by atoms with Gasteiger partial charge in [-0.1, -0.05) is 35.7 Å². The van der Waals surface area contributed by atoms with E-state index in [9.17, 15) is 0 Å². The number of nitrogens with one attached hydrogen (secondary N) is 1. The van der Waals surface area contributed by atoms with E-state index in [1.807, 2.05) is 12.1 Å². The highest BCUT2D eigenvalue weighted by Crippen LogP contribution is 2.30. The molecule has 0 radical (unpaired) electrons. The van der Waals surface area contributed by atoms with Gasteiger partial charge in [0.1, 0.15) is 0 Å². The molecular weight excluding hydrogens is 300 g/mol. The van der Waals surface area contributed by atoms with Crippen LogP contribution in [0, 0.1) is 17.2 Å². The summed E-state index contributed by atoms with van der Waals surface area (Å²) < 4.78 is 0.966. The summed E-state index contributed by atoms with van der Waals surface area (Å²) in [5.41, 5.74) is 1.77. The fourth-order valence-corrected chi connectivity index (χ4v) is 3.47. The first-order valence-electron chi connectivity index (χ1n) is 7.18. The van der Waals surface area contributed by atoms with E-state index in [1.54, 1.807) is 0 Å². The Morgan fingerprint density at radius 2 is 2.00 bits per heavy atom. The van der Waals surface area contributed by atoms with Crippen LogP contribution in [0.3, 0.4) is 0 Å². The monoisotopic (exact) mass is 320 g/mol. The molecule has 1 aliphatic rings. The number of benzene rings is 1. The summed E-state index contributed by atoms with van der Waals surface area (Å²) in [6, 6.07) is 8.60. The Morgan fingerprint density at radius 3 is 2.63 bits per heavy atom. The molecule has 0 unspecified atom stereocenters. The minimum Gasteiger partial charge on any atom is -0.382 e. The maximum Gasteiger partial charge on any atom is 0.0992 e. The SMILES string of the molecule is CCCC1CCC(Nc2cc(Br)cc(C#N)c2)CC1. The number of anilines is 1. The van der Waals surface area contributed by atoms with E-state index >= 15 is 0 Å². The molecule has 3 heteroatoms. The molecule has 1 N–H and O–H groups in total. The van der Waals surface area contributed by atoms with Crippen molar-refractivity contribution >= 4 is 21.6 Å². The van der Waals surface area contributed by atoms with Crippen LogP contribution < -0.4 is 5.32 Å². The number of nitriles is 1. The van der Waals surface area contributed by atoms with Crippen molar-refractivity contribution in [2.45, 2.75) is 51.5 Å². The summed E-state index contributed by atoms with van der Waals surface area (Å²) in [7, 11) is 0. The van der Waals surface area contributed by atoms with E-state index in [4.69, 9.17) is 5.26 Å². The molecule has 1 saturated carbocycles. The highest BCUT2D eigenvalue weighted by molar-refractivity contribution is 9.10. The van der Waals surface area contributed by atoms with Gasteiger partial charge in [-0.2, -0.15) is 5.26 Å². The van der Waals surface area contributed by atoms with Gasteiger partial charge in [0.15, 0.2) is 0 Å². The van der Waals surface area contributed by atoms with Crippen molar-refractivity contribution in [2.75, 3.05) is 5.32 Å². The van der Waals surface area contributed by atoms with Gasteiger partial charge in [0, 0.05) is 16.2 Å². The van der Waals surface area contributed by atoms with Gasteiger partial charge in [-0.25, -0.2) is 0 Å². The van der Waals surface area contributed by atoms with Crippen molar-refractivity contribution in [3.8, 4) is 6.07 Å². The van der Waals surface area contributed by atoms with E-state index in [2.05, 4.69) is 40.3 Å². The molecule has 19 heavy (non-hydrogen) atoms. The third kappa shape index (κ3) is 4.24. The number of halogens is 1. The van der Waals surface area contributed by atoms with Crippen LogP contribution in [0.15, 0.2) is 22.7 Å². The Kier molecular flexibility index (Phi) is 5.27. The van der Waals surface area contributed by atoms with E-state index < -0.39 is 0 Å². The van der Waals surface area contributed by atoms with Crippen LogP contribution in [-0.2, 0) is 0 Å². The Balaban J connectivity index is 1.92. The number of rotatable bonds is 4. The van der Waals surface area contributed by atoms with Crippen molar-refractivity contribution in [1.29, 1.82) is 5.26 Å². The molecule has 1 aliphatic carbocycles. The molecular formula is C16H21BrN2. The molecule has 2 rings (SSSR count). The third-order valence-electron chi connectivity index (χ3n) is 3.94. The highest BCUT2D eigenvalue weighted by Gasteiger charge is 2.20. The predicted molar refractivity (Wildman–Crippen MR) is 83.1 cm³/mol. The predicted octanol–water partition coefficient (Wildman–Crippen LogP) is 5.09. The minimum absolute atomic E-state index is 0.564. The van der Waals surface area contributed by atoms with Crippen LogP contribution in [0.5, 0.6) is 0 Å². The van der Waals surface area contributed by atoms with E-state index in [1.165, 1.54) is 38.5 Å². The van der Waals surface area contributed by atoms with Gasteiger partial charge < -0.3 is 5.32 Å². The maximum atomic E-state index is 8.99. The van der Waals surface area contributed by atoms with E-state index in [0.29, 0.717) is 11.6 Å². The van der Waals surface area contributed by atoms with Gasteiger partial charge in [0.2, 0.25) is 0 Å². The number of hydrogen-bond donors (Lipinski definition) is 1. The molecule has 1 aromatic rings. The van der Waals surface area contributed by atoms with E-state index in [-0.39, 0.29) is 0 Å². The lowest BCUT2D eigenvalue weighted by molar-refractivity contribution is 0.319. The Morgan fingerprint density at radius 1 is 1.26 bits per heavy atom. The Bertz CT molecular complexity index is 456. The summed E-state index contributed by atoms with van der Waals surface area (Å²) in [4.78, 5) is 0. The topological polar surface area (TPSA) is 35.8 Å². The lowest BCUT2D eigenvalue weighted by atomic mass is 9.83. The first kappa shape index (κ1) is 14.4. The molecule has 0 spiro atoms. The average molecular weight is 321 g/mol. The quantitative estimate of drug-likeness (QED) is 0.838. The average Bonchev–Trinajstić information content (AvgIpc) is 2.40. The molecule has 0 saturated heterocycles. The lowest BCUT2D eigenvalue weighted by Gasteiger charge is -2.29. The molecule has 0 aliphatic heterocycles. The molecule has 0 atom stereocenters. The molecule has 1 fully saturated rings. The second-order valence-electron chi connectivity index (χ2n) is 5.49. The molecule has 0 bridgehead atoms. The first-order chi connectivity index (χ1) is 9.21. The molecule has 2 nitrogen and oxygen atoms in total.